The van der Waals surface area contributed by atoms with Crippen LogP contribution in [0.15, 0.2) is 18.2 Å². The third-order valence-electron chi connectivity index (χ3n) is 4.23. The minimum absolute atomic E-state index is 0.0554. The summed E-state index contributed by atoms with van der Waals surface area (Å²) in [6, 6.07) is 4.05. The van der Waals surface area contributed by atoms with Crippen LogP contribution in [0.3, 0.4) is 0 Å². The molecule has 0 amide bonds. The van der Waals surface area contributed by atoms with Crippen LogP contribution < -0.4 is 5.32 Å². The summed E-state index contributed by atoms with van der Waals surface area (Å²) in [5.41, 5.74) is 0.822. The van der Waals surface area contributed by atoms with Gasteiger partial charge in [0.05, 0.1) is 0 Å². The van der Waals surface area contributed by atoms with E-state index in [-0.39, 0.29) is 5.54 Å². The quantitative estimate of drug-likeness (QED) is 0.898. The van der Waals surface area contributed by atoms with Crippen LogP contribution in [0.1, 0.15) is 19.4 Å². The standard InChI is InChI=1S/C16H25F2N3/c1-16(2,21-8-6-20(3)7-9-21)12-19-11-13-4-5-14(17)15(18)10-13/h4-5,10,19H,6-9,11-12H2,1-3H3. The normalized spacial score (nSPS) is 18.1. The minimum atomic E-state index is -0.795. The van der Waals surface area contributed by atoms with E-state index in [0.29, 0.717) is 6.54 Å². The molecule has 1 aliphatic rings. The molecule has 1 aromatic rings. The Morgan fingerprint density at radius 1 is 1.10 bits per heavy atom. The predicted octanol–water partition coefficient (Wildman–Crippen LogP) is 2.08. The number of hydrogen-bond acceptors (Lipinski definition) is 3. The van der Waals surface area contributed by atoms with Crippen molar-refractivity contribution in [1.82, 2.24) is 15.1 Å². The molecule has 0 atom stereocenters. The van der Waals surface area contributed by atoms with Gasteiger partial charge in [0, 0.05) is 44.8 Å². The van der Waals surface area contributed by atoms with Crippen LogP contribution in [0.5, 0.6) is 0 Å². The molecule has 0 radical (unpaired) electrons. The van der Waals surface area contributed by atoms with Crippen LogP contribution in [0.2, 0.25) is 0 Å². The van der Waals surface area contributed by atoms with E-state index in [4.69, 9.17) is 0 Å². The van der Waals surface area contributed by atoms with E-state index < -0.39 is 11.6 Å². The fourth-order valence-electron chi connectivity index (χ4n) is 2.69. The Balaban J connectivity index is 1.82. The summed E-state index contributed by atoms with van der Waals surface area (Å²) in [5.74, 6) is -1.58. The first kappa shape index (κ1) is 16.3. The second kappa shape index (κ2) is 6.81. The van der Waals surface area contributed by atoms with Crippen LogP contribution >= 0.6 is 0 Å². The first-order valence-corrected chi connectivity index (χ1v) is 7.47. The Hall–Kier alpha value is -1.04. The summed E-state index contributed by atoms with van der Waals surface area (Å²) in [5, 5.41) is 3.35. The Labute approximate surface area is 125 Å². The number of halogens is 2. The summed E-state index contributed by atoms with van der Waals surface area (Å²) in [7, 11) is 2.14. The lowest BCUT2D eigenvalue weighted by Gasteiger charge is -2.43. The van der Waals surface area contributed by atoms with Gasteiger partial charge in [-0.2, -0.15) is 0 Å². The maximum absolute atomic E-state index is 13.2. The van der Waals surface area contributed by atoms with Gasteiger partial charge in [0.15, 0.2) is 11.6 Å². The van der Waals surface area contributed by atoms with Crippen molar-refractivity contribution in [2.75, 3.05) is 39.8 Å². The molecule has 0 bridgehead atoms. The highest BCUT2D eigenvalue weighted by molar-refractivity contribution is 5.17. The van der Waals surface area contributed by atoms with E-state index in [1.54, 1.807) is 6.07 Å². The molecule has 118 valence electrons. The fourth-order valence-corrected chi connectivity index (χ4v) is 2.69. The Morgan fingerprint density at radius 2 is 1.76 bits per heavy atom. The van der Waals surface area contributed by atoms with E-state index in [9.17, 15) is 8.78 Å². The van der Waals surface area contributed by atoms with Crippen molar-refractivity contribution in [3.63, 3.8) is 0 Å². The number of rotatable bonds is 5. The Bertz CT molecular complexity index is 469. The number of hydrogen-bond donors (Lipinski definition) is 1. The maximum Gasteiger partial charge on any atom is 0.159 e. The number of likely N-dealkylation sites (N-methyl/N-ethyl adjacent to an activating group) is 1. The lowest BCUT2D eigenvalue weighted by atomic mass is 10.0. The van der Waals surface area contributed by atoms with Crippen LogP contribution in [-0.2, 0) is 6.54 Å². The number of piperazine rings is 1. The summed E-state index contributed by atoms with van der Waals surface area (Å²) in [4.78, 5) is 4.81. The molecule has 1 fully saturated rings. The maximum atomic E-state index is 13.2. The van der Waals surface area contributed by atoms with Crippen LogP contribution in [0.25, 0.3) is 0 Å². The van der Waals surface area contributed by atoms with E-state index in [0.717, 1.165) is 38.3 Å². The molecule has 5 heteroatoms. The Morgan fingerprint density at radius 3 is 2.38 bits per heavy atom. The SMILES string of the molecule is CN1CCN(C(C)(C)CNCc2ccc(F)c(F)c2)CC1. The lowest BCUT2D eigenvalue weighted by Crippen LogP contribution is -2.57. The number of nitrogens with one attached hydrogen (secondary N) is 1. The summed E-state index contributed by atoms with van der Waals surface area (Å²) >= 11 is 0. The highest BCUT2D eigenvalue weighted by atomic mass is 19.2. The van der Waals surface area contributed by atoms with Gasteiger partial charge in [0.25, 0.3) is 0 Å². The van der Waals surface area contributed by atoms with Gasteiger partial charge in [-0.25, -0.2) is 8.78 Å². The lowest BCUT2D eigenvalue weighted by molar-refractivity contribution is 0.0618. The molecule has 0 aliphatic carbocycles. The van der Waals surface area contributed by atoms with Crippen molar-refractivity contribution in [1.29, 1.82) is 0 Å². The van der Waals surface area contributed by atoms with Crippen LogP contribution in [0.4, 0.5) is 8.78 Å². The second-order valence-corrected chi connectivity index (χ2v) is 6.45. The molecule has 1 N–H and O–H groups in total. The molecule has 1 aliphatic heterocycles. The predicted molar refractivity (Wildman–Crippen MR) is 81.2 cm³/mol. The van der Waals surface area contributed by atoms with Gasteiger partial charge in [-0.15, -0.1) is 0 Å². The van der Waals surface area contributed by atoms with E-state index >= 15 is 0 Å². The van der Waals surface area contributed by atoms with Gasteiger partial charge in [0.2, 0.25) is 0 Å². The molecule has 3 nitrogen and oxygen atoms in total. The molecule has 0 aromatic heterocycles. The second-order valence-electron chi connectivity index (χ2n) is 6.45. The average molecular weight is 297 g/mol. The van der Waals surface area contributed by atoms with Crippen LogP contribution in [-0.4, -0.2) is 55.1 Å². The zero-order valence-electron chi connectivity index (χ0n) is 13.1. The van der Waals surface area contributed by atoms with Crippen LogP contribution in [0, 0.1) is 11.6 Å². The van der Waals surface area contributed by atoms with Gasteiger partial charge in [-0.05, 0) is 38.6 Å². The third-order valence-corrected chi connectivity index (χ3v) is 4.23. The molecule has 2 rings (SSSR count). The molecule has 21 heavy (non-hydrogen) atoms. The highest BCUT2D eigenvalue weighted by Gasteiger charge is 2.28. The van der Waals surface area contributed by atoms with Crippen molar-refractivity contribution >= 4 is 0 Å². The third kappa shape index (κ3) is 4.46. The van der Waals surface area contributed by atoms with Crippen molar-refractivity contribution in [3.8, 4) is 0 Å². The topological polar surface area (TPSA) is 18.5 Å². The summed E-state index contributed by atoms with van der Waals surface area (Å²) in [6.45, 7) is 10.1. The molecule has 1 saturated heterocycles. The van der Waals surface area contributed by atoms with Gasteiger partial charge >= 0.3 is 0 Å². The monoisotopic (exact) mass is 297 g/mol. The van der Waals surface area contributed by atoms with Gasteiger partial charge < -0.3 is 10.2 Å². The molecular formula is C16H25F2N3. The smallest absolute Gasteiger partial charge is 0.159 e. The van der Waals surface area contributed by atoms with Crippen molar-refractivity contribution in [2.45, 2.75) is 25.9 Å². The molecule has 1 aromatic carbocycles. The van der Waals surface area contributed by atoms with E-state index in [1.165, 1.54) is 12.1 Å². The zero-order valence-corrected chi connectivity index (χ0v) is 13.1. The summed E-state index contributed by atoms with van der Waals surface area (Å²) in [6.07, 6.45) is 0. The highest BCUT2D eigenvalue weighted by Crippen LogP contribution is 2.16. The van der Waals surface area contributed by atoms with Gasteiger partial charge in [-0.3, -0.25) is 4.90 Å². The molecule has 0 saturated carbocycles. The zero-order chi connectivity index (χ0) is 15.5. The van der Waals surface area contributed by atoms with Crippen molar-refractivity contribution < 1.29 is 8.78 Å². The Kier molecular flexibility index (Phi) is 5.30. The molecular weight excluding hydrogens is 272 g/mol. The number of benzene rings is 1. The minimum Gasteiger partial charge on any atom is -0.311 e. The average Bonchev–Trinajstić information content (AvgIpc) is 2.43. The van der Waals surface area contributed by atoms with E-state index in [2.05, 4.69) is 36.0 Å². The van der Waals surface area contributed by atoms with Crippen molar-refractivity contribution in [2.24, 2.45) is 0 Å². The van der Waals surface area contributed by atoms with Crippen molar-refractivity contribution in [3.05, 3.63) is 35.4 Å². The number of nitrogens with zero attached hydrogens (tertiary/aromatic N) is 2. The van der Waals surface area contributed by atoms with Gasteiger partial charge in [0.1, 0.15) is 0 Å². The van der Waals surface area contributed by atoms with E-state index in [1.807, 2.05) is 0 Å². The first-order valence-electron chi connectivity index (χ1n) is 7.47. The molecule has 0 spiro atoms. The van der Waals surface area contributed by atoms with Gasteiger partial charge in [-0.1, -0.05) is 6.07 Å². The summed E-state index contributed by atoms with van der Waals surface area (Å²) < 4.78 is 26.0. The first-order chi connectivity index (χ1) is 9.88. The fraction of sp³-hybridized carbons (Fsp3) is 0.625. The largest absolute Gasteiger partial charge is 0.311 e. The molecule has 0 unspecified atom stereocenters. The molecule has 1 heterocycles.